The molecular weight excluding hydrogens is 144 g/mol. The van der Waals surface area contributed by atoms with Gasteiger partial charge < -0.3 is 14.6 Å². The topological polar surface area (TPSA) is 38.7 Å². The average Bonchev–Trinajstić information content (AvgIpc) is 2.06. The van der Waals surface area contributed by atoms with Gasteiger partial charge in [-0.05, 0) is 19.4 Å². The number of hydrogen-bond acceptors (Lipinski definition) is 3. The van der Waals surface area contributed by atoms with E-state index in [-0.39, 0.29) is 19.0 Å². The van der Waals surface area contributed by atoms with Crippen LogP contribution in [0.2, 0.25) is 0 Å². The Bertz CT molecular complexity index is 133. The lowest BCUT2D eigenvalue weighted by molar-refractivity contribution is -0.154. The van der Waals surface area contributed by atoms with Crippen LogP contribution >= 0.6 is 0 Å². The summed E-state index contributed by atoms with van der Waals surface area (Å²) in [4.78, 5) is 0. The number of aliphatic hydroxyl groups is 1. The zero-order chi connectivity index (χ0) is 8.10. The summed E-state index contributed by atoms with van der Waals surface area (Å²) in [5.41, 5.74) is 0. The zero-order valence-corrected chi connectivity index (χ0v) is 6.69. The summed E-state index contributed by atoms with van der Waals surface area (Å²) >= 11 is 0. The van der Waals surface area contributed by atoms with Crippen molar-refractivity contribution in [2.75, 3.05) is 13.2 Å². The largest absolute Gasteiger partial charge is 0.394 e. The van der Waals surface area contributed by atoms with Gasteiger partial charge in [0.15, 0.2) is 6.29 Å². The highest BCUT2D eigenvalue weighted by Gasteiger charge is 2.16. The van der Waals surface area contributed by atoms with Crippen molar-refractivity contribution < 1.29 is 14.6 Å². The third-order valence-corrected chi connectivity index (χ3v) is 1.55. The molecular formula is C8H14O3. The summed E-state index contributed by atoms with van der Waals surface area (Å²) in [6.45, 7) is 2.61. The van der Waals surface area contributed by atoms with Gasteiger partial charge in [-0.1, -0.05) is 6.08 Å². The smallest absolute Gasteiger partial charge is 0.177 e. The molecule has 3 nitrogen and oxygen atoms in total. The Balaban J connectivity index is 2.33. The summed E-state index contributed by atoms with van der Waals surface area (Å²) in [7, 11) is 0. The molecule has 3 heteroatoms. The van der Waals surface area contributed by atoms with Gasteiger partial charge in [-0.3, -0.25) is 0 Å². The maximum absolute atomic E-state index is 8.76. The molecule has 1 aliphatic rings. The van der Waals surface area contributed by atoms with Gasteiger partial charge in [-0.2, -0.15) is 0 Å². The van der Waals surface area contributed by atoms with Crippen LogP contribution in [0.4, 0.5) is 0 Å². The molecule has 0 aliphatic carbocycles. The fourth-order valence-corrected chi connectivity index (χ4v) is 1.01. The van der Waals surface area contributed by atoms with E-state index in [1.807, 2.05) is 19.1 Å². The number of ether oxygens (including phenoxy) is 2. The molecule has 0 radical (unpaired) electrons. The minimum atomic E-state index is -0.258. The van der Waals surface area contributed by atoms with Crippen molar-refractivity contribution in [1.82, 2.24) is 0 Å². The van der Waals surface area contributed by atoms with Crippen molar-refractivity contribution in [3.05, 3.63) is 12.2 Å². The van der Waals surface area contributed by atoms with Crippen LogP contribution in [-0.2, 0) is 9.47 Å². The minimum absolute atomic E-state index is 0.0634. The van der Waals surface area contributed by atoms with Gasteiger partial charge in [-0.25, -0.2) is 0 Å². The Morgan fingerprint density at radius 3 is 3.18 bits per heavy atom. The standard InChI is InChI=1S/C8H14O3/c1-2-10-8-5-3-4-7(6-9)11-8/h3,5,7-9H,2,4,6H2,1H3/t7-,8-/m0/s1. The molecule has 0 spiro atoms. The number of rotatable bonds is 3. The van der Waals surface area contributed by atoms with Crippen LogP contribution in [0.5, 0.6) is 0 Å². The quantitative estimate of drug-likeness (QED) is 0.614. The molecule has 0 aromatic heterocycles. The minimum Gasteiger partial charge on any atom is -0.394 e. The van der Waals surface area contributed by atoms with Gasteiger partial charge in [0, 0.05) is 6.61 Å². The Morgan fingerprint density at radius 2 is 2.55 bits per heavy atom. The summed E-state index contributed by atoms with van der Waals surface area (Å²) in [5.74, 6) is 0. The molecule has 1 N–H and O–H groups in total. The third-order valence-electron chi connectivity index (χ3n) is 1.55. The van der Waals surface area contributed by atoms with Crippen LogP contribution in [-0.4, -0.2) is 30.7 Å². The highest BCUT2D eigenvalue weighted by atomic mass is 16.7. The van der Waals surface area contributed by atoms with Crippen LogP contribution in [0, 0.1) is 0 Å². The van der Waals surface area contributed by atoms with Gasteiger partial charge in [0.05, 0.1) is 12.7 Å². The van der Waals surface area contributed by atoms with E-state index >= 15 is 0 Å². The van der Waals surface area contributed by atoms with Crippen molar-refractivity contribution in [2.45, 2.75) is 25.7 Å². The summed E-state index contributed by atoms with van der Waals surface area (Å²) in [6, 6.07) is 0. The SMILES string of the molecule is CCO[C@@H]1C=CC[C@@H](CO)O1. The molecule has 0 amide bonds. The van der Waals surface area contributed by atoms with E-state index in [0.29, 0.717) is 6.61 Å². The van der Waals surface area contributed by atoms with E-state index in [4.69, 9.17) is 14.6 Å². The third kappa shape index (κ3) is 2.61. The predicted octanol–water partition coefficient (Wildman–Crippen LogP) is 0.686. The first-order valence-corrected chi connectivity index (χ1v) is 3.91. The average molecular weight is 158 g/mol. The second kappa shape index (κ2) is 4.49. The van der Waals surface area contributed by atoms with Gasteiger partial charge in [0.2, 0.25) is 0 Å². The zero-order valence-electron chi connectivity index (χ0n) is 6.69. The Kier molecular flexibility index (Phi) is 3.56. The van der Waals surface area contributed by atoms with Crippen molar-refractivity contribution >= 4 is 0 Å². The van der Waals surface area contributed by atoms with Crippen molar-refractivity contribution in [1.29, 1.82) is 0 Å². The van der Waals surface area contributed by atoms with E-state index in [0.717, 1.165) is 6.42 Å². The van der Waals surface area contributed by atoms with E-state index in [1.165, 1.54) is 0 Å². The maximum Gasteiger partial charge on any atom is 0.177 e. The van der Waals surface area contributed by atoms with E-state index in [1.54, 1.807) is 0 Å². The highest BCUT2D eigenvalue weighted by Crippen LogP contribution is 2.12. The lowest BCUT2D eigenvalue weighted by Crippen LogP contribution is -2.28. The van der Waals surface area contributed by atoms with Crippen LogP contribution in [0.15, 0.2) is 12.2 Å². The van der Waals surface area contributed by atoms with Gasteiger partial charge in [-0.15, -0.1) is 0 Å². The lowest BCUT2D eigenvalue weighted by Gasteiger charge is -2.23. The molecule has 0 bridgehead atoms. The molecule has 11 heavy (non-hydrogen) atoms. The summed E-state index contributed by atoms with van der Waals surface area (Å²) in [5, 5.41) is 8.76. The molecule has 1 aliphatic heterocycles. The highest BCUT2D eigenvalue weighted by molar-refractivity contribution is 4.92. The molecule has 0 aromatic carbocycles. The first-order valence-electron chi connectivity index (χ1n) is 3.91. The monoisotopic (exact) mass is 158 g/mol. The lowest BCUT2D eigenvalue weighted by atomic mass is 10.2. The fourth-order valence-electron chi connectivity index (χ4n) is 1.01. The second-order valence-electron chi connectivity index (χ2n) is 2.43. The number of aliphatic hydroxyl groups excluding tert-OH is 1. The number of hydrogen-bond donors (Lipinski definition) is 1. The van der Waals surface area contributed by atoms with E-state index in [9.17, 15) is 0 Å². The molecule has 0 fully saturated rings. The second-order valence-corrected chi connectivity index (χ2v) is 2.43. The van der Waals surface area contributed by atoms with Crippen LogP contribution in [0.1, 0.15) is 13.3 Å². The fraction of sp³-hybridized carbons (Fsp3) is 0.750. The van der Waals surface area contributed by atoms with Gasteiger partial charge in [0.25, 0.3) is 0 Å². The Hall–Kier alpha value is -0.380. The molecule has 64 valence electrons. The van der Waals surface area contributed by atoms with Crippen LogP contribution < -0.4 is 0 Å². The van der Waals surface area contributed by atoms with Crippen molar-refractivity contribution in [3.8, 4) is 0 Å². The first-order chi connectivity index (χ1) is 5.36. The molecule has 1 heterocycles. The predicted molar refractivity (Wildman–Crippen MR) is 41.1 cm³/mol. The van der Waals surface area contributed by atoms with Crippen molar-refractivity contribution in [2.24, 2.45) is 0 Å². The first kappa shape index (κ1) is 8.71. The normalized spacial score (nSPS) is 30.7. The molecule has 0 saturated heterocycles. The summed E-state index contributed by atoms with van der Waals surface area (Å²) < 4.78 is 10.5. The summed E-state index contributed by atoms with van der Waals surface area (Å²) in [6.07, 6.45) is 4.28. The van der Waals surface area contributed by atoms with Crippen LogP contribution in [0.3, 0.4) is 0 Å². The van der Waals surface area contributed by atoms with Crippen molar-refractivity contribution in [3.63, 3.8) is 0 Å². The van der Waals surface area contributed by atoms with E-state index < -0.39 is 0 Å². The Morgan fingerprint density at radius 1 is 1.73 bits per heavy atom. The molecule has 0 unspecified atom stereocenters. The molecule has 0 aromatic rings. The molecule has 0 saturated carbocycles. The van der Waals surface area contributed by atoms with E-state index in [2.05, 4.69) is 0 Å². The Labute approximate surface area is 66.6 Å². The van der Waals surface area contributed by atoms with Gasteiger partial charge in [0.1, 0.15) is 0 Å². The maximum atomic E-state index is 8.76. The molecule has 1 rings (SSSR count). The van der Waals surface area contributed by atoms with Crippen LogP contribution in [0.25, 0.3) is 0 Å². The van der Waals surface area contributed by atoms with Gasteiger partial charge >= 0.3 is 0 Å². The molecule has 2 atom stereocenters.